The summed E-state index contributed by atoms with van der Waals surface area (Å²) in [7, 11) is 2.11. The van der Waals surface area contributed by atoms with Gasteiger partial charge in [-0.3, -0.25) is 0 Å². The lowest BCUT2D eigenvalue weighted by atomic mass is 9.99. The van der Waals surface area contributed by atoms with Crippen molar-refractivity contribution in [2.24, 2.45) is 0 Å². The molecule has 0 amide bonds. The van der Waals surface area contributed by atoms with E-state index in [0.29, 0.717) is 28.4 Å². The van der Waals surface area contributed by atoms with E-state index in [1.807, 2.05) is 13.3 Å². The van der Waals surface area contributed by atoms with Crippen molar-refractivity contribution in [3.63, 3.8) is 0 Å². The van der Waals surface area contributed by atoms with Crippen LogP contribution in [0.1, 0.15) is 35.6 Å². The average Bonchev–Trinajstić information content (AvgIpc) is 3.24. The first-order valence-electron chi connectivity index (χ1n) is 9.94. The summed E-state index contributed by atoms with van der Waals surface area (Å²) in [5, 5.41) is 19.5. The third-order valence-electron chi connectivity index (χ3n) is 6.24. The molecule has 1 N–H and O–H groups in total. The Hall–Kier alpha value is -2.61. The maximum Gasteiger partial charge on any atom is 0.256 e. The summed E-state index contributed by atoms with van der Waals surface area (Å²) in [6.07, 6.45) is 3.22. The van der Waals surface area contributed by atoms with Crippen molar-refractivity contribution in [3.8, 4) is 17.0 Å². The van der Waals surface area contributed by atoms with Gasteiger partial charge in [-0.2, -0.15) is 0 Å². The molecule has 152 valence electrons. The highest BCUT2D eigenvalue weighted by Crippen LogP contribution is 2.43. The Morgan fingerprint density at radius 2 is 2.03 bits per heavy atom. The Morgan fingerprint density at radius 3 is 2.83 bits per heavy atom. The van der Waals surface area contributed by atoms with E-state index < -0.39 is 12.3 Å². The second-order valence-corrected chi connectivity index (χ2v) is 8.36. The second kappa shape index (κ2) is 6.45. The number of rotatable bonds is 2. The number of phenols is 1. The van der Waals surface area contributed by atoms with Crippen LogP contribution in [-0.2, 0) is 12.8 Å². The molecular weight excluding hydrogens is 376 g/mol. The number of halogens is 2. The lowest BCUT2D eigenvalue weighted by molar-refractivity contribution is 0.0127. The molecular formula is C21H23F2N5O. The molecule has 3 aromatic rings. The van der Waals surface area contributed by atoms with Gasteiger partial charge in [-0.25, -0.2) is 13.8 Å². The van der Waals surface area contributed by atoms with Crippen LogP contribution in [0, 0.1) is 6.92 Å². The average molecular weight is 399 g/mol. The van der Waals surface area contributed by atoms with Crippen LogP contribution >= 0.6 is 0 Å². The number of fused-ring (bicyclic) bond motifs is 2. The van der Waals surface area contributed by atoms with E-state index in [9.17, 15) is 13.9 Å². The van der Waals surface area contributed by atoms with Crippen LogP contribution in [0.3, 0.4) is 0 Å². The van der Waals surface area contributed by atoms with Gasteiger partial charge in [0, 0.05) is 42.1 Å². The zero-order valence-electron chi connectivity index (χ0n) is 16.5. The van der Waals surface area contributed by atoms with E-state index in [0.717, 1.165) is 42.7 Å². The molecule has 0 bridgehead atoms. The van der Waals surface area contributed by atoms with Gasteiger partial charge in [-0.15, -0.1) is 10.2 Å². The van der Waals surface area contributed by atoms with Gasteiger partial charge in [0.15, 0.2) is 5.65 Å². The molecule has 0 spiro atoms. The summed E-state index contributed by atoms with van der Waals surface area (Å²) < 4.78 is 29.7. The Balaban J connectivity index is 1.57. The predicted molar refractivity (Wildman–Crippen MR) is 105 cm³/mol. The highest BCUT2D eigenvalue weighted by molar-refractivity contribution is 5.83. The third kappa shape index (κ3) is 2.97. The molecule has 2 aliphatic rings. The van der Waals surface area contributed by atoms with Crippen LogP contribution < -0.4 is 0 Å². The Morgan fingerprint density at radius 1 is 1.21 bits per heavy atom. The fraction of sp³-hybridized carbons (Fsp3) is 0.476. The normalized spacial score (nSPS) is 21.6. The minimum atomic E-state index is -2.81. The highest BCUT2D eigenvalue weighted by Gasteiger charge is 2.39. The van der Waals surface area contributed by atoms with Crippen LogP contribution in [0.25, 0.3) is 22.4 Å². The van der Waals surface area contributed by atoms with Gasteiger partial charge in [-0.05, 0) is 45.0 Å². The molecule has 8 heteroatoms. The van der Waals surface area contributed by atoms with Crippen molar-refractivity contribution < 1.29 is 13.9 Å². The first kappa shape index (κ1) is 18.4. The molecule has 3 heterocycles. The van der Waals surface area contributed by atoms with Crippen LogP contribution in [0.2, 0.25) is 0 Å². The molecule has 2 aromatic heterocycles. The lowest BCUT2D eigenvalue weighted by Gasteiger charge is -2.30. The molecule has 1 aromatic carbocycles. The number of hydrogen-bond acceptors (Lipinski definition) is 5. The smallest absolute Gasteiger partial charge is 0.256 e. The van der Waals surface area contributed by atoms with Gasteiger partial charge in [0.25, 0.3) is 5.92 Å². The first-order valence-corrected chi connectivity index (χ1v) is 9.94. The quantitative estimate of drug-likeness (QED) is 0.714. The van der Waals surface area contributed by atoms with Gasteiger partial charge >= 0.3 is 0 Å². The van der Waals surface area contributed by atoms with E-state index in [1.54, 1.807) is 12.1 Å². The van der Waals surface area contributed by atoms with Crippen LogP contribution in [0.15, 0.2) is 18.5 Å². The molecule has 1 aliphatic heterocycles. The van der Waals surface area contributed by atoms with E-state index in [-0.39, 0.29) is 12.2 Å². The predicted octanol–water partition coefficient (Wildman–Crippen LogP) is 3.51. The van der Waals surface area contributed by atoms with Crippen LogP contribution in [0.4, 0.5) is 8.78 Å². The Kier molecular flexibility index (Phi) is 4.10. The van der Waals surface area contributed by atoms with Gasteiger partial charge in [-0.1, -0.05) is 6.07 Å². The summed E-state index contributed by atoms with van der Waals surface area (Å²) in [5.74, 6) is -2.93. The van der Waals surface area contributed by atoms with Crippen molar-refractivity contribution in [1.29, 1.82) is 0 Å². The molecule has 1 saturated heterocycles. The number of alkyl halides is 2. The molecule has 0 unspecified atom stereocenters. The van der Waals surface area contributed by atoms with Crippen molar-refractivity contribution in [2.75, 3.05) is 20.1 Å². The minimum Gasteiger partial charge on any atom is -0.507 e. The summed E-state index contributed by atoms with van der Waals surface area (Å²) in [5.41, 5.74) is 3.96. The van der Waals surface area contributed by atoms with Crippen molar-refractivity contribution >= 4 is 11.2 Å². The number of phenolic OH excluding ortho intramolecular Hbond substituents is 1. The maximum atomic E-state index is 13.8. The van der Waals surface area contributed by atoms with Gasteiger partial charge < -0.3 is 14.6 Å². The zero-order chi connectivity index (χ0) is 20.3. The highest BCUT2D eigenvalue weighted by atomic mass is 19.3. The fourth-order valence-corrected chi connectivity index (χ4v) is 4.72. The lowest BCUT2D eigenvalue weighted by Crippen LogP contribution is -2.33. The number of likely N-dealkylation sites (N-methyl/N-ethyl adjacent to an activating group) is 1. The molecule has 1 fully saturated rings. The van der Waals surface area contributed by atoms with Gasteiger partial charge in [0.2, 0.25) is 0 Å². The zero-order valence-corrected chi connectivity index (χ0v) is 16.5. The summed E-state index contributed by atoms with van der Waals surface area (Å²) in [4.78, 5) is 6.87. The molecule has 1 aliphatic carbocycles. The van der Waals surface area contributed by atoms with E-state index in [2.05, 4.69) is 31.7 Å². The van der Waals surface area contributed by atoms with Gasteiger partial charge in [0.1, 0.15) is 17.0 Å². The summed E-state index contributed by atoms with van der Waals surface area (Å²) in [6, 6.07) is 3.62. The number of likely N-dealkylation sites (tertiary alicyclic amines) is 1. The summed E-state index contributed by atoms with van der Waals surface area (Å²) in [6.45, 7) is 3.92. The number of aromatic hydroxyl groups is 1. The third-order valence-corrected chi connectivity index (χ3v) is 6.24. The summed E-state index contributed by atoms with van der Waals surface area (Å²) >= 11 is 0. The monoisotopic (exact) mass is 399 g/mol. The molecule has 0 radical (unpaired) electrons. The van der Waals surface area contributed by atoms with E-state index >= 15 is 0 Å². The van der Waals surface area contributed by atoms with Crippen molar-refractivity contribution in [1.82, 2.24) is 24.6 Å². The van der Waals surface area contributed by atoms with Gasteiger partial charge in [0.05, 0.1) is 6.33 Å². The number of nitrogens with zero attached hydrogens (tertiary/aromatic N) is 5. The first-order chi connectivity index (χ1) is 13.8. The molecule has 29 heavy (non-hydrogen) atoms. The fourth-order valence-electron chi connectivity index (χ4n) is 4.72. The number of piperidine rings is 1. The number of benzene rings is 1. The molecule has 6 nitrogen and oxygen atoms in total. The topological polar surface area (TPSA) is 67.1 Å². The molecule has 5 rings (SSSR count). The SMILES string of the molecule is Cc1c(-c2ccc3c(c2O)CC(F)(F)C3)nnc2c1ncn2[C@@H]1CCCN(C)C1. The second-order valence-electron chi connectivity index (χ2n) is 8.36. The number of aromatic nitrogens is 4. The molecule has 1 atom stereocenters. The number of hydrogen-bond donors (Lipinski definition) is 1. The van der Waals surface area contributed by atoms with Crippen molar-refractivity contribution in [3.05, 3.63) is 35.2 Å². The van der Waals surface area contributed by atoms with Crippen LogP contribution in [0.5, 0.6) is 5.75 Å². The standard InChI is InChI=1S/C21H23F2N5O/c1-12-17(15-6-5-13-8-21(22,23)9-16(13)19(15)29)25-26-20-18(12)24-11-28(20)14-4-3-7-27(2)10-14/h5-6,11,14,29H,3-4,7-10H2,1-2H3/t14-/m1/s1. The Labute approximate surface area is 167 Å². The van der Waals surface area contributed by atoms with Crippen molar-refractivity contribution in [2.45, 2.75) is 44.6 Å². The van der Waals surface area contributed by atoms with E-state index in [4.69, 9.17) is 0 Å². The number of aryl methyl sites for hydroxylation is 1. The largest absolute Gasteiger partial charge is 0.507 e. The maximum absolute atomic E-state index is 13.8. The number of imidazole rings is 1. The molecule has 0 saturated carbocycles. The minimum absolute atomic E-state index is 0.121. The van der Waals surface area contributed by atoms with E-state index in [1.165, 1.54) is 0 Å². The Bertz CT molecular complexity index is 1110. The van der Waals surface area contributed by atoms with Crippen LogP contribution in [-0.4, -0.2) is 55.8 Å².